The average Bonchev–Trinajstić information content (AvgIpc) is 3.10. The first kappa shape index (κ1) is 18.6. The molecule has 2 aliphatic carbocycles. The summed E-state index contributed by atoms with van der Waals surface area (Å²) in [4.78, 5) is 15.8. The highest BCUT2D eigenvalue weighted by atomic mass is 32.1. The highest BCUT2D eigenvalue weighted by molar-refractivity contribution is 7.09. The maximum absolute atomic E-state index is 11.5. The number of aliphatic carboxylic acids is 1. The number of thiazole rings is 1. The van der Waals surface area contributed by atoms with Gasteiger partial charge in [-0.05, 0) is 43.9 Å². The van der Waals surface area contributed by atoms with Gasteiger partial charge in [-0.3, -0.25) is 4.79 Å². The molecule has 27 heavy (non-hydrogen) atoms. The maximum atomic E-state index is 11.5. The van der Waals surface area contributed by atoms with Gasteiger partial charge in [-0.15, -0.1) is 21.5 Å². The number of aromatic nitrogens is 4. The predicted molar refractivity (Wildman–Crippen MR) is 104 cm³/mol. The Morgan fingerprint density at radius 3 is 2.70 bits per heavy atom. The molecule has 1 N–H and O–H groups in total. The van der Waals surface area contributed by atoms with Crippen molar-refractivity contribution in [1.82, 2.24) is 19.7 Å². The summed E-state index contributed by atoms with van der Waals surface area (Å²) in [6.07, 6.45) is 8.44. The third-order valence-electron chi connectivity index (χ3n) is 5.76. The Morgan fingerprint density at radius 1 is 1.33 bits per heavy atom. The van der Waals surface area contributed by atoms with E-state index >= 15 is 0 Å². The lowest BCUT2D eigenvalue weighted by Gasteiger charge is -2.36. The van der Waals surface area contributed by atoms with Crippen molar-refractivity contribution < 1.29 is 9.90 Å². The second-order valence-corrected chi connectivity index (χ2v) is 9.59. The summed E-state index contributed by atoms with van der Waals surface area (Å²) in [5, 5.41) is 21.4. The molecule has 2 saturated carbocycles. The van der Waals surface area contributed by atoms with Crippen molar-refractivity contribution >= 4 is 17.3 Å². The molecule has 6 nitrogen and oxygen atoms in total. The van der Waals surface area contributed by atoms with E-state index in [2.05, 4.69) is 33.6 Å². The Hall–Kier alpha value is -1.76. The molecule has 4 rings (SSSR count). The fourth-order valence-corrected chi connectivity index (χ4v) is 5.11. The van der Waals surface area contributed by atoms with E-state index in [1.165, 1.54) is 19.3 Å². The zero-order valence-corrected chi connectivity index (χ0v) is 16.9. The summed E-state index contributed by atoms with van der Waals surface area (Å²) in [6, 6.07) is 0.460. The fraction of sp³-hybridized carbons (Fsp3) is 0.700. The number of hydrogen-bond donors (Lipinski definition) is 1. The lowest BCUT2D eigenvalue weighted by Crippen LogP contribution is -2.26. The number of carboxylic acids is 1. The normalized spacial score (nSPS) is 23.4. The molecular weight excluding hydrogens is 360 g/mol. The number of carbonyl (C=O) groups is 1. The molecular formula is C20H28N4O2S. The summed E-state index contributed by atoms with van der Waals surface area (Å²) in [5.74, 6) is 3.03. The van der Waals surface area contributed by atoms with Gasteiger partial charge in [0.2, 0.25) is 0 Å². The Bertz CT molecular complexity index is 776. The molecule has 2 aromatic rings. The second kappa shape index (κ2) is 7.70. The molecule has 2 aromatic heterocycles. The van der Waals surface area contributed by atoms with Crippen molar-refractivity contribution in [2.45, 2.75) is 76.7 Å². The highest BCUT2D eigenvalue weighted by Gasteiger charge is 2.39. The van der Waals surface area contributed by atoms with Crippen LogP contribution in [0, 0.1) is 11.8 Å². The fourth-order valence-electron chi connectivity index (χ4n) is 4.42. The monoisotopic (exact) mass is 388 g/mol. The van der Waals surface area contributed by atoms with E-state index in [0.717, 1.165) is 41.3 Å². The lowest BCUT2D eigenvalue weighted by atomic mass is 9.71. The Kier molecular flexibility index (Phi) is 5.30. The molecule has 7 heteroatoms. The van der Waals surface area contributed by atoms with Gasteiger partial charge in [0.25, 0.3) is 0 Å². The van der Waals surface area contributed by atoms with E-state index in [9.17, 15) is 9.90 Å². The van der Waals surface area contributed by atoms with Crippen molar-refractivity contribution in [3.63, 3.8) is 0 Å². The first-order chi connectivity index (χ1) is 13.0. The van der Waals surface area contributed by atoms with Crippen LogP contribution in [0.5, 0.6) is 0 Å². The minimum Gasteiger partial charge on any atom is -0.481 e. The van der Waals surface area contributed by atoms with Gasteiger partial charge in [0.1, 0.15) is 11.6 Å². The van der Waals surface area contributed by atoms with E-state index < -0.39 is 5.97 Å². The van der Waals surface area contributed by atoms with Crippen LogP contribution >= 0.6 is 11.3 Å². The minimum absolute atomic E-state index is 0.0745. The number of hydrogen-bond acceptors (Lipinski definition) is 5. The number of nitrogens with zero attached hydrogens (tertiary/aromatic N) is 4. The standard InChI is InChI=1S/C20H28N4O2S/c1-12(2)7-13-8-14(9-13)19-22-23-20(24(19)16-3-4-16)15(11-18(25)26)10-17-21-5-6-27-17/h5-6,12-16H,3-4,7-11H2,1-2H3,(H,25,26). The molecule has 0 aliphatic heterocycles. The smallest absolute Gasteiger partial charge is 0.304 e. The molecule has 2 aliphatic rings. The molecule has 2 fully saturated rings. The highest BCUT2D eigenvalue weighted by Crippen LogP contribution is 2.47. The van der Waals surface area contributed by atoms with Gasteiger partial charge in [0.05, 0.1) is 11.4 Å². The van der Waals surface area contributed by atoms with Crippen LogP contribution in [0.25, 0.3) is 0 Å². The van der Waals surface area contributed by atoms with Gasteiger partial charge in [-0.1, -0.05) is 13.8 Å². The van der Waals surface area contributed by atoms with Gasteiger partial charge in [0, 0.05) is 35.9 Å². The zero-order valence-electron chi connectivity index (χ0n) is 16.0. The van der Waals surface area contributed by atoms with Crippen LogP contribution in [-0.2, 0) is 11.2 Å². The Balaban J connectivity index is 1.56. The largest absolute Gasteiger partial charge is 0.481 e. The molecule has 0 bridgehead atoms. The van der Waals surface area contributed by atoms with E-state index in [1.54, 1.807) is 17.5 Å². The van der Waals surface area contributed by atoms with Crippen LogP contribution in [0.2, 0.25) is 0 Å². The van der Waals surface area contributed by atoms with Crippen LogP contribution in [0.4, 0.5) is 0 Å². The van der Waals surface area contributed by atoms with Gasteiger partial charge >= 0.3 is 5.97 Å². The SMILES string of the molecule is CC(C)CC1CC(c2nnc(C(CC(=O)O)Cc3nccs3)n2C2CC2)C1. The predicted octanol–water partition coefficient (Wildman–Crippen LogP) is 4.41. The summed E-state index contributed by atoms with van der Waals surface area (Å²) >= 11 is 1.58. The Labute approximate surface area is 164 Å². The number of carboxylic acid groups (broad SMARTS) is 1. The van der Waals surface area contributed by atoms with Gasteiger partial charge in [0.15, 0.2) is 0 Å². The molecule has 146 valence electrons. The van der Waals surface area contributed by atoms with Crippen LogP contribution in [0.1, 0.15) is 86.9 Å². The van der Waals surface area contributed by atoms with Crippen molar-refractivity contribution in [3.8, 4) is 0 Å². The zero-order chi connectivity index (χ0) is 19.0. The first-order valence-corrected chi connectivity index (χ1v) is 10.9. The third kappa shape index (κ3) is 4.23. The van der Waals surface area contributed by atoms with Crippen LogP contribution in [-0.4, -0.2) is 30.8 Å². The topological polar surface area (TPSA) is 80.9 Å². The first-order valence-electron chi connectivity index (χ1n) is 10.1. The number of rotatable bonds is 9. The average molecular weight is 389 g/mol. The molecule has 0 amide bonds. The third-order valence-corrected chi connectivity index (χ3v) is 6.56. The lowest BCUT2D eigenvalue weighted by molar-refractivity contribution is -0.137. The summed E-state index contributed by atoms with van der Waals surface area (Å²) in [5.41, 5.74) is 0. The molecule has 0 spiro atoms. The molecule has 0 radical (unpaired) electrons. The maximum Gasteiger partial charge on any atom is 0.304 e. The Morgan fingerprint density at radius 2 is 2.11 bits per heavy atom. The van der Waals surface area contributed by atoms with E-state index in [-0.39, 0.29) is 12.3 Å². The van der Waals surface area contributed by atoms with E-state index in [4.69, 9.17) is 0 Å². The molecule has 2 heterocycles. The molecule has 1 atom stereocenters. The molecule has 1 unspecified atom stereocenters. The minimum atomic E-state index is -0.788. The van der Waals surface area contributed by atoms with E-state index in [0.29, 0.717) is 18.4 Å². The van der Waals surface area contributed by atoms with Crippen molar-refractivity contribution in [3.05, 3.63) is 28.2 Å². The van der Waals surface area contributed by atoms with Crippen molar-refractivity contribution in [1.29, 1.82) is 0 Å². The van der Waals surface area contributed by atoms with E-state index in [1.807, 2.05) is 5.38 Å². The molecule has 0 saturated heterocycles. The summed E-state index contributed by atoms with van der Waals surface area (Å²) < 4.78 is 2.30. The van der Waals surface area contributed by atoms with Gasteiger partial charge < -0.3 is 9.67 Å². The van der Waals surface area contributed by atoms with Crippen molar-refractivity contribution in [2.24, 2.45) is 11.8 Å². The summed E-state index contributed by atoms with van der Waals surface area (Å²) in [6.45, 7) is 4.57. The second-order valence-electron chi connectivity index (χ2n) is 8.61. The van der Waals surface area contributed by atoms with Gasteiger partial charge in [-0.25, -0.2) is 4.98 Å². The van der Waals surface area contributed by atoms with Gasteiger partial charge in [-0.2, -0.15) is 0 Å². The quantitative estimate of drug-likeness (QED) is 0.688. The van der Waals surface area contributed by atoms with Crippen LogP contribution < -0.4 is 0 Å². The molecule has 0 aromatic carbocycles. The van der Waals surface area contributed by atoms with Crippen LogP contribution in [0.15, 0.2) is 11.6 Å². The van der Waals surface area contributed by atoms with Crippen LogP contribution in [0.3, 0.4) is 0 Å². The summed E-state index contributed by atoms with van der Waals surface area (Å²) in [7, 11) is 0. The van der Waals surface area contributed by atoms with Crippen molar-refractivity contribution in [2.75, 3.05) is 0 Å².